The predicted octanol–water partition coefficient (Wildman–Crippen LogP) is 1.92. The van der Waals surface area contributed by atoms with Crippen LogP contribution in [0.4, 0.5) is 0 Å². The van der Waals surface area contributed by atoms with Crippen LogP contribution in [0.3, 0.4) is 0 Å². The van der Waals surface area contributed by atoms with Gasteiger partial charge in [0.05, 0.1) is 12.7 Å². The summed E-state index contributed by atoms with van der Waals surface area (Å²) in [7, 11) is 0. The standard InChI is InChI=1S/C10H15NO2/c1-3-9(12)8-5-6-10(11-7-8)13-4-2/h5-7,9,12H,3-4H2,1-2H3. The third-order valence-electron chi connectivity index (χ3n) is 1.82. The smallest absolute Gasteiger partial charge is 0.213 e. The number of aromatic nitrogens is 1. The first-order chi connectivity index (χ1) is 6.27. The monoisotopic (exact) mass is 181 g/mol. The number of aliphatic hydroxyl groups is 1. The molecule has 0 spiro atoms. The first-order valence-electron chi connectivity index (χ1n) is 4.54. The average molecular weight is 181 g/mol. The van der Waals surface area contributed by atoms with Crippen LogP contribution in [0.25, 0.3) is 0 Å². The molecule has 0 radical (unpaired) electrons. The van der Waals surface area contributed by atoms with Crippen molar-refractivity contribution in [1.29, 1.82) is 0 Å². The summed E-state index contributed by atoms with van der Waals surface area (Å²) in [5.74, 6) is 0.606. The molecule has 0 aromatic carbocycles. The molecule has 1 heterocycles. The maximum absolute atomic E-state index is 9.47. The van der Waals surface area contributed by atoms with Crippen molar-refractivity contribution in [1.82, 2.24) is 4.98 Å². The summed E-state index contributed by atoms with van der Waals surface area (Å²) in [6, 6.07) is 3.61. The Balaban J connectivity index is 2.69. The van der Waals surface area contributed by atoms with Gasteiger partial charge in [0, 0.05) is 12.3 Å². The van der Waals surface area contributed by atoms with E-state index in [9.17, 15) is 5.11 Å². The Hall–Kier alpha value is -1.09. The number of rotatable bonds is 4. The molecule has 1 rings (SSSR count). The second-order valence-corrected chi connectivity index (χ2v) is 2.79. The lowest BCUT2D eigenvalue weighted by atomic mass is 10.1. The fraction of sp³-hybridized carbons (Fsp3) is 0.500. The molecule has 72 valence electrons. The molecule has 1 atom stereocenters. The van der Waals surface area contributed by atoms with Gasteiger partial charge in [0.2, 0.25) is 5.88 Å². The van der Waals surface area contributed by atoms with Gasteiger partial charge in [0.1, 0.15) is 0 Å². The van der Waals surface area contributed by atoms with Crippen LogP contribution in [0.2, 0.25) is 0 Å². The van der Waals surface area contributed by atoms with Crippen molar-refractivity contribution in [2.45, 2.75) is 26.4 Å². The van der Waals surface area contributed by atoms with Crippen LogP contribution in [-0.2, 0) is 0 Å². The van der Waals surface area contributed by atoms with Gasteiger partial charge in [-0.25, -0.2) is 4.98 Å². The SMILES string of the molecule is CCOc1ccc(C(O)CC)cn1. The van der Waals surface area contributed by atoms with Crippen LogP contribution in [0, 0.1) is 0 Å². The van der Waals surface area contributed by atoms with Gasteiger partial charge in [-0.3, -0.25) is 0 Å². The van der Waals surface area contributed by atoms with Crippen LogP contribution in [0.15, 0.2) is 18.3 Å². The van der Waals surface area contributed by atoms with Crippen LogP contribution < -0.4 is 4.74 Å². The van der Waals surface area contributed by atoms with Gasteiger partial charge in [-0.15, -0.1) is 0 Å². The fourth-order valence-corrected chi connectivity index (χ4v) is 1.06. The summed E-state index contributed by atoms with van der Waals surface area (Å²) in [5, 5.41) is 9.47. The highest BCUT2D eigenvalue weighted by molar-refractivity contribution is 5.19. The van der Waals surface area contributed by atoms with E-state index in [1.54, 1.807) is 12.3 Å². The third-order valence-corrected chi connectivity index (χ3v) is 1.82. The highest BCUT2D eigenvalue weighted by Crippen LogP contribution is 2.16. The molecule has 0 aliphatic rings. The zero-order chi connectivity index (χ0) is 9.68. The average Bonchev–Trinajstić information content (AvgIpc) is 2.18. The first kappa shape index (κ1) is 9.99. The van der Waals surface area contributed by atoms with E-state index < -0.39 is 6.10 Å². The third kappa shape index (κ3) is 2.70. The van der Waals surface area contributed by atoms with E-state index in [4.69, 9.17) is 4.74 Å². The van der Waals surface area contributed by atoms with Crippen molar-refractivity contribution in [3.05, 3.63) is 23.9 Å². The van der Waals surface area contributed by atoms with Crippen molar-refractivity contribution in [3.8, 4) is 5.88 Å². The summed E-state index contributed by atoms with van der Waals surface area (Å²) in [4.78, 5) is 4.06. The van der Waals surface area contributed by atoms with Gasteiger partial charge in [0.15, 0.2) is 0 Å². The zero-order valence-corrected chi connectivity index (χ0v) is 8.03. The van der Waals surface area contributed by atoms with E-state index in [0.717, 1.165) is 5.56 Å². The van der Waals surface area contributed by atoms with E-state index in [1.165, 1.54) is 0 Å². The maximum atomic E-state index is 9.47. The molecule has 0 bridgehead atoms. The molecule has 3 heteroatoms. The molecule has 1 aromatic rings. The predicted molar refractivity (Wildman–Crippen MR) is 50.7 cm³/mol. The number of pyridine rings is 1. The maximum Gasteiger partial charge on any atom is 0.213 e. The summed E-state index contributed by atoms with van der Waals surface area (Å²) >= 11 is 0. The quantitative estimate of drug-likeness (QED) is 0.771. The van der Waals surface area contributed by atoms with Gasteiger partial charge < -0.3 is 9.84 Å². The minimum atomic E-state index is -0.414. The normalized spacial score (nSPS) is 12.5. The van der Waals surface area contributed by atoms with E-state index in [-0.39, 0.29) is 0 Å². The summed E-state index contributed by atoms with van der Waals surface area (Å²) in [6.07, 6.45) is 1.94. The Bertz CT molecular complexity index is 246. The van der Waals surface area contributed by atoms with E-state index >= 15 is 0 Å². The molecular formula is C10H15NO2. The van der Waals surface area contributed by atoms with Gasteiger partial charge >= 0.3 is 0 Å². The molecule has 0 amide bonds. The number of nitrogens with zero attached hydrogens (tertiary/aromatic N) is 1. The van der Waals surface area contributed by atoms with Crippen LogP contribution in [0.1, 0.15) is 31.9 Å². The highest BCUT2D eigenvalue weighted by Gasteiger charge is 2.04. The Kier molecular flexibility index (Phi) is 3.71. The molecule has 1 unspecified atom stereocenters. The Labute approximate surface area is 78.4 Å². The minimum Gasteiger partial charge on any atom is -0.478 e. The molecular weight excluding hydrogens is 166 g/mol. The lowest BCUT2D eigenvalue weighted by molar-refractivity contribution is 0.173. The van der Waals surface area contributed by atoms with Crippen molar-refractivity contribution in [2.75, 3.05) is 6.61 Å². The van der Waals surface area contributed by atoms with E-state index in [2.05, 4.69) is 4.98 Å². The Morgan fingerprint density at radius 2 is 2.23 bits per heavy atom. The molecule has 0 saturated heterocycles. The number of ether oxygens (including phenoxy) is 1. The van der Waals surface area contributed by atoms with E-state index in [0.29, 0.717) is 18.9 Å². The van der Waals surface area contributed by atoms with Gasteiger partial charge in [-0.1, -0.05) is 6.92 Å². The highest BCUT2D eigenvalue weighted by atomic mass is 16.5. The summed E-state index contributed by atoms with van der Waals surface area (Å²) < 4.78 is 5.18. The molecule has 1 aromatic heterocycles. The lowest BCUT2D eigenvalue weighted by Crippen LogP contribution is -1.98. The zero-order valence-electron chi connectivity index (χ0n) is 8.03. The van der Waals surface area contributed by atoms with Gasteiger partial charge in [-0.05, 0) is 25.0 Å². The minimum absolute atomic E-state index is 0.414. The molecule has 0 saturated carbocycles. The van der Waals surface area contributed by atoms with Crippen molar-refractivity contribution in [3.63, 3.8) is 0 Å². The van der Waals surface area contributed by atoms with Crippen molar-refractivity contribution >= 4 is 0 Å². The van der Waals surface area contributed by atoms with Crippen molar-refractivity contribution in [2.24, 2.45) is 0 Å². The summed E-state index contributed by atoms with van der Waals surface area (Å²) in [6.45, 7) is 4.46. The Morgan fingerprint density at radius 1 is 1.46 bits per heavy atom. The van der Waals surface area contributed by atoms with Crippen LogP contribution >= 0.6 is 0 Å². The van der Waals surface area contributed by atoms with Crippen LogP contribution in [0.5, 0.6) is 5.88 Å². The van der Waals surface area contributed by atoms with Crippen LogP contribution in [-0.4, -0.2) is 16.7 Å². The first-order valence-corrected chi connectivity index (χ1v) is 4.54. The van der Waals surface area contributed by atoms with Gasteiger partial charge in [0.25, 0.3) is 0 Å². The molecule has 0 aliphatic carbocycles. The summed E-state index contributed by atoms with van der Waals surface area (Å²) in [5.41, 5.74) is 0.839. The van der Waals surface area contributed by atoms with Crippen molar-refractivity contribution < 1.29 is 9.84 Å². The van der Waals surface area contributed by atoms with E-state index in [1.807, 2.05) is 19.9 Å². The molecule has 0 aliphatic heterocycles. The number of hydrogen-bond donors (Lipinski definition) is 1. The second kappa shape index (κ2) is 4.82. The molecule has 1 N–H and O–H groups in total. The molecule has 3 nitrogen and oxygen atoms in total. The van der Waals surface area contributed by atoms with Gasteiger partial charge in [-0.2, -0.15) is 0 Å². The topological polar surface area (TPSA) is 42.4 Å². The molecule has 13 heavy (non-hydrogen) atoms. The largest absolute Gasteiger partial charge is 0.478 e. The molecule has 0 fully saturated rings. The number of aliphatic hydroxyl groups excluding tert-OH is 1. The Morgan fingerprint density at radius 3 is 2.69 bits per heavy atom. The lowest BCUT2D eigenvalue weighted by Gasteiger charge is -2.07. The second-order valence-electron chi connectivity index (χ2n) is 2.79. The fourth-order valence-electron chi connectivity index (χ4n) is 1.06. The number of hydrogen-bond acceptors (Lipinski definition) is 3.